The molecule has 1 amide bonds. The number of rotatable bonds is 4. The van der Waals surface area contributed by atoms with E-state index in [0.717, 1.165) is 18.2 Å². The lowest BCUT2D eigenvalue weighted by Crippen LogP contribution is -2.42. The molecule has 0 saturated heterocycles. The summed E-state index contributed by atoms with van der Waals surface area (Å²) in [6.07, 6.45) is -3.85. The molecule has 1 aliphatic heterocycles. The van der Waals surface area contributed by atoms with Gasteiger partial charge < -0.3 is 0 Å². The summed E-state index contributed by atoms with van der Waals surface area (Å²) in [7, 11) is 3.25. The van der Waals surface area contributed by atoms with E-state index in [-0.39, 0.29) is 27.2 Å². The van der Waals surface area contributed by atoms with Crippen LogP contribution in [0, 0.1) is 0 Å². The Morgan fingerprint density at radius 1 is 1.10 bits per heavy atom. The van der Waals surface area contributed by atoms with E-state index in [2.05, 4.69) is 5.48 Å². The fourth-order valence-electron chi connectivity index (χ4n) is 3.01. The molecule has 30 heavy (non-hydrogen) atoms. The number of halogens is 5. The van der Waals surface area contributed by atoms with Crippen molar-refractivity contribution in [3.8, 4) is 0 Å². The topological polar surface area (TPSA) is 44.8 Å². The molecule has 2 aromatic rings. The Bertz CT molecular complexity index is 993. The van der Waals surface area contributed by atoms with Gasteiger partial charge in [0.25, 0.3) is 0 Å². The highest BCUT2D eigenvalue weighted by Gasteiger charge is 2.59. The summed E-state index contributed by atoms with van der Waals surface area (Å²) in [5.41, 5.74) is 0.518. The van der Waals surface area contributed by atoms with Crippen LogP contribution in [0.3, 0.4) is 0 Å². The zero-order valence-electron chi connectivity index (χ0n) is 16.2. The number of anilines is 1. The molecule has 1 atom stereocenters. The standard InChI is InChI=1S/C20H18Cl2F3N3O2/c1-12(29)27(2)28(3)17-6-4-5-13(7-17)18-11-19(30-26-18,20(23,24)25)14-8-15(21)10-16(22)9-14/h4-11,26H,1-3H3. The van der Waals surface area contributed by atoms with E-state index >= 15 is 0 Å². The van der Waals surface area contributed by atoms with Gasteiger partial charge in [-0.15, -0.1) is 0 Å². The number of carbonyl (C=O) groups is 1. The molecule has 0 radical (unpaired) electrons. The van der Waals surface area contributed by atoms with E-state index in [4.69, 9.17) is 28.0 Å². The van der Waals surface area contributed by atoms with Gasteiger partial charge in [-0.3, -0.25) is 25.1 Å². The number of hydrogen-bond acceptors (Lipinski definition) is 4. The van der Waals surface area contributed by atoms with Crippen molar-refractivity contribution in [3.63, 3.8) is 0 Å². The Hall–Kier alpha value is -2.42. The maximum Gasteiger partial charge on any atom is 0.428 e. The van der Waals surface area contributed by atoms with Gasteiger partial charge in [-0.05, 0) is 36.4 Å². The van der Waals surface area contributed by atoms with Gasteiger partial charge in [0.05, 0.1) is 11.4 Å². The molecule has 1 aliphatic rings. The van der Waals surface area contributed by atoms with E-state index in [0.29, 0.717) is 11.3 Å². The van der Waals surface area contributed by atoms with Gasteiger partial charge in [-0.25, -0.2) is 0 Å². The molecule has 0 spiro atoms. The Balaban J connectivity index is 2.06. The minimum Gasteiger partial charge on any atom is -0.286 e. The smallest absolute Gasteiger partial charge is 0.286 e. The number of nitrogens with one attached hydrogen (secondary N) is 1. The van der Waals surface area contributed by atoms with E-state index in [1.807, 2.05) is 0 Å². The van der Waals surface area contributed by atoms with Crippen molar-refractivity contribution in [3.05, 3.63) is 69.7 Å². The van der Waals surface area contributed by atoms with Crippen LogP contribution in [0.25, 0.3) is 5.70 Å². The van der Waals surface area contributed by atoms with Crippen LogP contribution in [0.15, 0.2) is 48.5 Å². The van der Waals surface area contributed by atoms with Crippen LogP contribution in [-0.2, 0) is 15.2 Å². The van der Waals surface area contributed by atoms with E-state index in [9.17, 15) is 18.0 Å². The predicted molar refractivity (Wildman–Crippen MR) is 110 cm³/mol. The van der Waals surface area contributed by atoms with Crippen molar-refractivity contribution < 1.29 is 22.8 Å². The van der Waals surface area contributed by atoms with Crippen LogP contribution >= 0.6 is 23.2 Å². The molecule has 160 valence electrons. The van der Waals surface area contributed by atoms with Crippen LogP contribution in [0.1, 0.15) is 18.1 Å². The zero-order valence-corrected chi connectivity index (χ0v) is 17.7. The second kappa shape index (κ2) is 8.02. The highest BCUT2D eigenvalue weighted by Crippen LogP contribution is 2.48. The molecule has 0 aliphatic carbocycles. The average Bonchev–Trinajstić information content (AvgIpc) is 3.13. The summed E-state index contributed by atoms with van der Waals surface area (Å²) in [6.45, 7) is 1.41. The van der Waals surface area contributed by atoms with Gasteiger partial charge in [-0.1, -0.05) is 35.3 Å². The predicted octanol–water partition coefficient (Wildman–Crippen LogP) is 5.16. The third-order valence-electron chi connectivity index (χ3n) is 4.82. The van der Waals surface area contributed by atoms with Crippen molar-refractivity contribution in [2.75, 3.05) is 19.1 Å². The second-order valence-corrected chi connectivity index (χ2v) is 7.64. The number of nitrogens with zero attached hydrogens (tertiary/aromatic N) is 2. The first-order valence-corrected chi connectivity index (χ1v) is 9.49. The minimum atomic E-state index is -4.79. The van der Waals surface area contributed by atoms with Crippen LogP contribution in [0.5, 0.6) is 0 Å². The van der Waals surface area contributed by atoms with E-state index < -0.39 is 11.8 Å². The first-order chi connectivity index (χ1) is 13.9. The molecule has 1 unspecified atom stereocenters. The fraction of sp³-hybridized carbons (Fsp3) is 0.250. The number of hydrogen-bond donors (Lipinski definition) is 1. The molecule has 0 fully saturated rings. The summed E-state index contributed by atoms with van der Waals surface area (Å²) in [5.74, 6) is -0.196. The third kappa shape index (κ3) is 4.08. The normalized spacial score (nSPS) is 18.6. The molecule has 0 aromatic heterocycles. The molecule has 0 bridgehead atoms. The maximum absolute atomic E-state index is 14.1. The maximum atomic E-state index is 14.1. The number of carbonyl (C=O) groups excluding carboxylic acids is 1. The number of hydrazine groups is 1. The highest BCUT2D eigenvalue weighted by molar-refractivity contribution is 6.34. The first-order valence-electron chi connectivity index (χ1n) is 8.73. The highest BCUT2D eigenvalue weighted by atomic mass is 35.5. The third-order valence-corrected chi connectivity index (χ3v) is 5.26. The van der Waals surface area contributed by atoms with E-state index in [1.165, 1.54) is 18.0 Å². The van der Waals surface area contributed by atoms with Crippen LogP contribution < -0.4 is 10.5 Å². The van der Waals surface area contributed by atoms with Gasteiger partial charge in [0.15, 0.2) is 0 Å². The number of benzene rings is 2. The van der Waals surface area contributed by atoms with Gasteiger partial charge in [-0.2, -0.15) is 13.2 Å². The Kier molecular flexibility index (Phi) is 5.95. The average molecular weight is 460 g/mol. The van der Waals surface area contributed by atoms with Gasteiger partial charge in [0, 0.05) is 42.2 Å². The quantitative estimate of drug-likeness (QED) is 0.641. The van der Waals surface area contributed by atoms with E-state index in [1.54, 1.807) is 43.4 Å². The van der Waals surface area contributed by atoms with Crippen molar-refractivity contribution >= 4 is 40.5 Å². The number of hydroxylamine groups is 1. The summed E-state index contributed by atoms with van der Waals surface area (Å²) >= 11 is 11.8. The molecule has 5 nitrogen and oxygen atoms in total. The molecule has 0 saturated carbocycles. The second-order valence-electron chi connectivity index (χ2n) is 6.77. The van der Waals surface area contributed by atoms with Crippen molar-refractivity contribution in [2.45, 2.75) is 18.7 Å². The lowest BCUT2D eigenvalue weighted by molar-refractivity contribution is -0.269. The SMILES string of the molecule is CC(=O)N(C)N(C)c1cccc(C2=CC(c3cc(Cl)cc(Cl)c3)(C(F)(F)F)ON2)c1. The van der Waals surface area contributed by atoms with Gasteiger partial charge in [0.1, 0.15) is 0 Å². The fourth-order valence-corrected chi connectivity index (χ4v) is 3.54. The van der Waals surface area contributed by atoms with Crippen LogP contribution in [-0.4, -0.2) is 31.2 Å². The molecule has 10 heteroatoms. The zero-order chi connectivity index (χ0) is 22.3. The minimum absolute atomic E-state index is 0.0578. The van der Waals surface area contributed by atoms with Crippen molar-refractivity contribution in [1.29, 1.82) is 0 Å². The van der Waals surface area contributed by atoms with Crippen molar-refractivity contribution in [2.24, 2.45) is 0 Å². The molecule has 3 rings (SSSR count). The lowest BCUT2D eigenvalue weighted by atomic mass is 9.91. The molecule has 2 aromatic carbocycles. The summed E-state index contributed by atoms with van der Waals surface area (Å²) < 4.78 is 42.3. The number of amides is 1. The number of alkyl halides is 3. The monoisotopic (exact) mass is 459 g/mol. The molecule has 1 heterocycles. The van der Waals surface area contributed by atoms with Gasteiger partial charge in [0.2, 0.25) is 11.5 Å². The molecular weight excluding hydrogens is 442 g/mol. The Labute approximate surface area is 181 Å². The Morgan fingerprint density at radius 2 is 1.73 bits per heavy atom. The summed E-state index contributed by atoms with van der Waals surface area (Å²) in [4.78, 5) is 16.7. The van der Waals surface area contributed by atoms with Crippen molar-refractivity contribution in [1.82, 2.24) is 10.5 Å². The Morgan fingerprint density at radius 3 is 2.30 bits per heavy atom. The molecule has 1 N–H and O–H groups in total. The van der Waals surface area contributed by atoms with Crippen LogP contribution in [0.4, 0.5) is 18.9 Å². The summed E-state index contributed by atoms with van der Waals surface area (Å²) in [5, 5.41) is 3.07. The van der Waals surface area contributed by atoms with Gasteiger partial charge >= 0.3 is 6.18 Å². The molecular formula is C20H18Cl2F3N3O2. The lowest BCUT2D eigenvalue weighted by Gasteiger charge is -2.29. The largest absolute Gasteiger partial charge is 0.428 e. The first kappa shape index (κ1) is 22.3. The van der Waals surface area contributed by atoms with Crippen LogP contribution in [0.2, 0.25) is 10.0 Å². The summed E-state index contributed by atoms with van der Waals surface area (Å²) in [6, 6.07) is 10.3.